The van der Waals surface area contributed by atoms with Crippen LogP contribution in [0.5, 0.6) is 0 Å². The Labute approximate surface area is 165 Å². The van der Waals surface area contributed by atoms with Crippen molar-refractivity contribution in [2.45, 2.75) is 30.6 Å². The molecule has 146 valence electrons. The fourth-order valence-corrected chi connectivity index (χ4v) is 4.10. The lowest BCUT2D eigenvalue weighted by atomic mass is 10.2. The zero-order chi connectivity index (χ0) is 19.5. The molecule has 1 aliphatic rings. The summed E-state index contributed by atoms with van der Waals surface area (Å²) >= 11 is 1.29. The Kier molecular flexibility index (Phi) is 5.45. The molecular formula is C19H21N5O3S. The number of aromatic nitrogens is 4. The quantitative estimate of drug-likeness (QED) is 0.480. The minimum Gasteiger partial charge on any atom is -0.376 e. The summed E-state index contributed by atoms with van der Waals surface area (Å²) in [7, 11) is 0. The van der Waals surface area contributed by atoms with Gasteiger partial charge in [0.15, 0.2) is 5.16 Å². The number of ether oxygens (including phenoxy) is 1. The molecular weight excluding hydrogens is 378 g/mol. The van der Waals surface area contributed by atoms with Crippen LogP contribution in [0.25, 0.3) is 16.7 Å². The van der Waals surface area contributed by atoms with Gasteiger partial charge in [-0.1, -0.05) is 30.0 Å². The number of hydrogen-bond acceptors (Lipinski definition) is 6. The van der Waals surface area contributed by atoms with Crippen molar-refractivity contribution in [3.8, 4) is 0 Å². The van der Waals surface area contributed by atoms with E-state index in [2.05, 4.69) is 22.1 Å². The van der Waals surface area contributed by atoms with Gasteiger partial charge in [0, 0.05) is 19.7 Å². The molecule has 1 aliphatic heterocycles. The lowest BCUT2D eigenvalue weighted by Gasteiger charge is -2.11. The second-order valence-corrected chi connectivity index (χ2v) is 7.51. The Morgan fingerprint density at radius 2 is 2.25 bits per heavy atom. The van der Waals surface area contributed by atoms with Crippen LogP contribution in [0.4, 0.5) is 0 Å². The number of benzene rings is 1. The van der Waals surface area contributed by atoms with E-state index in [-0.39, 0.29) is 23.3 Å². The van der Waals surface area contributed by atoms with E-state index in [9.17, 15) is 9.59 Å². The first-order chi connectivity index (χ1) is 13.7. The third-order valence-electron chi connectivity index (χ3n) is 4.67. The third-order valence-corrected chi connectivity index (χ3v) is 5.60. The fraction of sp³-hybridized carbons (Fsp3) is 0.368. The molecule has 1 saturated heterocycles. The van der Waals surface area contributed by atoms with Crippen molar-refractivity contribution in [2.24, 2.45) is 0 Å². The Balaban J connectivity index is 1.60. The van der Waals surface area contributed by atoms with Crippen molar-refractivity contribution in [1.82, 2.24) is 24.5 Å². The number of carbonyl (C=O) groups is 1. The maximum Gasteiger partial charge on any atom is 0.263 e. The molecule has 3 aromatic rings. The maximum atomic E-state index is 12.8. The van der Waals surface area contributed by atoms with Gasteiger partial charge in [0.05, 0.1) is 22.8 Å². The van der Waals surface area contributed by atoms with Crippen LogP contribution in [0.3, 0.4) is 0 Å². The highest BCUT2D eigenvalue weighted by molar-refractivity contribution is 7.99. The van der Waals surface area contributed by atoms with Gasteiger partial charge in [-0.05, 0) is 25.0 Å². The van der Waals surface area contributed by atoms with E-state index >= 15 is 0 Å². The van der Waals surface area contributed by atoms with Crippen molar-refractivity contribution < 1.29 is 9.53 Å². The molecule has 1 atom stereocenters. The Bertz CT molecular complexity index is 1080. The first-order valence-corrected chi connectivity index (χ1v) is 10.2. The maximum absolute atomic E-state index is 12.8. The molecule has 0 aliphatic carbocycles. The summed E-state index contributed by atoms with van der Waals surface area (Å²) in [4.78, 5) is 25.0. The van der Waals surface area contributed by atoms with E-state index in [1.807, 2.05) is 22.6 Å². The molecule has 0 bridgehead atoms. The predicted molar refractivity (Wildman–Crippen MR) is 108 cm³/mol. The number of para-hydroxylation sites is 1. The lowest BCUT2D eigenvalue weighted by Crippen LogP contribution is -2.32. The number of nitrogens with zero attached hydrogens (tertiary/aromatic N) is 4. The van der Waals surface area contributed by atoms with Crippen LogP contribution in [-0.4, -0.2) is 50.1 Å². The number of carbonyl (C=O) groups excluding carboxylic acids is 1. The highest BCUT2D eigenvalue weighted by Crippen LogP contribution is 2.21. The van der Waals surface area contributed by atoms with Gasteiger partial charge in [0.25, 0.3) is 5.56 Å². The predicted octanol–water partition coefficient (Wildman–Crippen LogP) is 1.62. The van der Waals surface area contributed by atoms with E-state index in [1.165, 1.54) is 16.3 Å². The summed E-state index contributed by atoms with van der Waals surface area (Å²) in [5.41, 5.74) is 0.580. The summed E-state index contributed by atoms with van der Waals surface area (Å²) in [6, 6.07) is 7.32. The van der Waals surface area contributed by atoms with Gasteiger partial charge >= 0.3 is 0 Å². The fourth-order valence-electron chi connectivity index (χ4n) is 3.33. The number of hydrogen-bond donors (Lipinski definition) is 1. The Morgan fingerprint density at radius 1 is 1.39 bits per heavy atom. The zero-order valence-electron chi connectivity index (χ0n) is 15.3. The number of rotatable bonds is 7. The molecule has 2 aromatic heterocycles. The monoisotopic (exact) mass is 399 g/mol. The molecule has 1 N–H and O–H groups in total. The topological polar surface area (TPSA) is 90.5 Å². The van der Waals surface area contributed by atoms with Gasteiger partial charge in [-0.2, -0.15) is 0 Å². The molecule has 0 spiro atoms. The molecule has 1 amide bonds. The molecule has 0 saturated carbocycles. The number of nitrogens with one attached hydrogen (secondary N) is 1. The Hall–Kier alpha value is -2.65. The second kappa shape index (κ2) is 8.15. The van der Waals surface area contributed by atoms with Gasteiger partial charge in [0.2, 0.25) is 11.7 Å². The highest BCUT2D eigenvalue weighted by Gasteiger charge is 2.18. The minimum absolute atomic E-state index is 0.0824. The summed E-state index contributed by atoms with van der Waals surface area (Å²) in [5.74, 6) is 0.564. The van der Waals surface area contributed by atoms with Crippen molar-refractivity contribution in [3.63, 3.8) is 0 Å². The van der Waals surface area contributed by atoms with Crippen molar-refractivity contribution >= 4 is 34.3 Å². The van der Waals surface area contributed by atoms with E-state index in [1.54, 1.807) is 12.1 Å². The number of allylic oxidation sites excluding steroid dienone is 1. The normalized spacial score (nSPS) is 16.6. The summed E-state index contributed by atoms with van der Waals surface area (Å²) in [6.07, 6.45) is 3.78. The van der Waals surface area contributed by atoms with Gasteiger partial charge in [-0.25, -0.2) is 0 Å². The molecule has 0 radical (unpaired) electrons. The van der Waals surface area contributed by atoms with Crippen LogP contribution < -0.4 is 10.9 Å². The van der Waals surface area contributed by atoms with Crippen molar-refractivity contribution in [1.29, 1.82) is 0 Å². The van der Waals surface area contributed by atoms with E-state index in [0.717, 1.165) is 25.0 Å². The summed E-state index contributed by atoms with van der Waals surface area (Å²) < 4.78 is 8.87. The molecule has 9 heteroatoms. The van der Waals surface area contributed by atoms with Gasteiger partial charge < -0.3 is 10.1 Å². The molecule has 1 aromatic carbocycles. The zero-order valence-corrected chi connectivity index (χ0v) is 16.2. The second-order valence-electron chi connectivity index (χ2n) is 6.57. The van der Waals surface area contributed by atoms with Crippen LogP contribution in [-0.2, 0) is 16.1 Å². The third kappa shape index (κ3) is 3.55. The molecule has 1 fully saturated rings. The lowest BCUT2D eigenvalue weighted by molar-refractivity contribution is -0.119. The smallest absolute Gasteiger partial charge is 0.263 e. The molecule has 8 nitrogen and oxygen atoms in total. The molecule has 3 heterocycles. The summed E-state index contributed by atoms with van der Waals surface area (Å²) in [6.45, 7) is 5.34. The SMILES string of the molecule is C=CCn1c(=O)c2ccccc2n2c(SCC(=O)NC[C@@H]3CCCO3)nnc12. The largest absolute Gasteiger partial charge is 0.376 e. The first kappa shape index (κ1) is 18.7. The van der Waals surface area contributed by atoms with E-state index in [0.29, 0.717) is 29.4 Å². The average molecular weight is 399 g/mol. The number of fused-ring (bicyclic) bond motifs is 3. The van der Waals surface area contributed by atoms with Gasteiger partial charge in [0.1, 0.15) is 0 Å². The summed E-state index contributed by atoms with van der Waals surface area (Å²) in [5, 5.41) is 12.4. The van der Waals surface area contributed by atoms with Crippen molar-refractivity contribution in [2.75, 3.05) is 18.9 Å². The van der Waals surface area contributed by atoms with Crippen LogP contribution >= 0.6 is 11.8 Å². The van der Waals surface area contributed by atoms with Crippen LogP contribution in [0.15, 0.2) is 46.9 Å². The van der Waals surface area contributed by atoms with Crippen LogP contribution in [0.2, 0.25) is 0 Å². The highest BCUT2D eigenvalue weighted by atomic mass is 32.2. The van der Waals surface area contributed by atoms with Crippen LogP contribution in [0, 0.1) is 0 Å². The average Bonchev–Trinajstić information content (AvgIpc) is 3.38. The minimum atomic E-state index is -0.138. The number of thioether (sulfide) groups is 1. The standard InChI is InChI=1S/C19H21N5O3S/c1-2-9-23-17(26)14-7-3-4-8-15(14)24-18(23)21-22-19(24)28-12-16(25)20-11-13-6-5-10-27-13/h2-4,7-8,13H,1,5-6,9-12H2,(H,20,25)/t13-/m0/s1. The first-order valence-electron chi connectivity index (χ1n) is 9.17. The molecule has 4 rings (SSSR count). The van der Waals surface area contributed by atoms with E-state index < -0.39 is 0 Å². The molecule has 0 unspecified atom stereocenters. The van der Waals surface area contributed by atoms with Crippen LogP contribution in [0.1, 0.15) is 12.8 Å². The van der Waals surface area contributed by atoms with E-state index in [4.69, 9.17) is 4.74 Å². The van der Waals surface area contributed by atoms with Crippen molar-refractivity contribution in [3.05, 3.63) is 47.3 Å². The van der Waals surface area contributed by atoms with Gasteiger partial charge in [-0.3, -0.25) is 18.6 Å². The Morgan fingerprint density at radius 3 is 3.04 bits per heavy atom. The molecule has 28 heavy (non-hydrogen) atoms. The van der Waals surface area contributed by atoms with Gasteiger partial charge in [-0.15, -0.1) is 16.8 Å². The number of amides is 1.